The van der Waals surface area contributed by atoms with Gasteiger partial charge in [-0.25, -0.2) is 14.7 Å². The molecule has 1 aliphatic heterocycles. The fourth-order valence-electron chi connectivity index (χ4n) is 1.99. The number of anilines is 1. The van der Waals surface area contributed by atoms with E-state index in [0.29, 0.717) is 5.13 Å². The van der Waals surface area contributed by atoms with Crippen molar-refractivity contribution in [3.63, 3.8) is 0 Å². The minimum absolute atomic E-state index is 0.0259. The first-order chi connectivity index (χ1) is 9.49. The van der Waals surface area contributed by atoms with Gasteiger partial charge in [0.05, 0.1) is 16.7 Å². The number of hydrogen-bond donors (Lipinski definition) is 1. The number of thiazole rings is 1. The molecule has 7 heteroatoms. The lowest BCUT2D eigenvalue weighted by molar-refractivity contribution is 0.0696. The molecular formula is C13H8N2O4S. The van der Waals surface area contributed by atoms with Gasteiger partial charge in [0.25, 0.3) is 11.8 Å². The van der Waals surface area contributed by atoms with Crippen LogP contribution < -0.4 is 4.90 Å². The first kappa shape index (κ1) is 12.5. The van der Waals surface area contributed by atoms with E-state index in [4.69, 9.17) is 5.11 Å². The molecule has 100 valence electrons. The van der Waals surface area contributed by atoms with Gasteiger partial charge >= 0.3 is 5.97 Å². The van der Waals surface area contributed by atoms with Crippen LogP contribution in [0, 0.1) is 6.92 Å². The summed E-state index contributed by atoms with van der Waals surface area (Å²) in [5.41, 5.74) is 0.276. The molecule has 6 nitrogen and oxygen atoms in total. The zero-order valence-electron chi connectivity index (χ0n) is 10.3. The Balaban J connectivity index is 2.10. The summed E-state index contributed by atoms with van der Waals surface area (Å²) >= 11 is 1.23. The van der Waals surface area contributed by atoms with Crippen molar-refractivity contribution in [1.82, 2.24) is 4.98 Å². The summed E-state index contributed by atoms with van der Waals surface area (Å²) in [6.45, 7) is 1.82. The van der Waals surface area contributed by atoms with Crippen molar-refractivity contribution < 1.29 is 19.5 Å². The Morgan fingerprint density at radius 1 is 1.25 bits per heavy atom. The fourth-order valence-corrected chi connectivity index (χ4v) is 2.75. The van der Waals surface area contributed by atoms with E-state index in [-0.39, 0.29) is 16.7 Å². The third-order valence-corrected chi connectivity index (χ3v) is 3.83. The number of amides is 2. The molecule has 0 aliphatic carbocycles. The second kappa shape index (κ2) is 4.24. The standard InChI is InChI=1S/C13H8N2O4S/c1-6-5-14-13(20-6)15-10(16)8-3-2-7(12(18)19)4-9(8)11(15)17/h2-5H,1H3,(H,18,19). The van der Waals surface area contributed by atoms with E-state index in [1.807, 2.05) is 6.92 Å². The summed E-state index contributed by atoms with van der Waals surface area (Å²) in [7, 11) is 0. The number of benzene rings is 1. The number of carbonyl (C=O) groups excluding carboxylic acids is 2. The molecular weight excluding hydrogens is 280 g/mol. The minimum atomic E-state index is -1.14. The molecule has 0 radical (unpaired) electrons. The van der Waals surface area contributed by atoms with Crippen LogP contribution in [0.2, 0.25) is 0 Å². The maximum absolute atomic E-state index is 12.3. The van der Waals surface area contributed by atoms with Crippen molar-refractivity contribution >= 4 is 34.3 Å². The van der Waals surface area contributed by atoms with Crippen LogP contribution in [0.3, 0.4) is 0 Å². The second-order valence-electron chi connectivity index (χ2n) is 4.26. The third-order valence-electron chi connectivity index (χ3n) is 2.93. The van der Waals surface area contributed by atoms with E-state index < -0.39 is 17.8 Å². The molecule has 0 fully saturated rings. The van der Waals surface area contributed by atoms with E-state index in [9.17, 15) is 14.4 Å². The number of fused-ring (bicyclic) bond motifs is 1. The molecule has 1 aliphatic rings. The van der Waals surface area contributed by atoms with Crippen molar-refractivity contribution in [1.29, 1.82) is 0 Å². The number of carbonyl (C=O) groups is 3. The van der Waals surface area contributed by atoms with Crippen LogP contribution in [0.15, 0.2) is 24.4 Å². The topological polar surface area (TPSA) is 87.6 Å². The van der Waals surface area contributed by atoms with Gasteiger partial charge in [-0.1, -0.05) is 0 Å². The van der Waals surface area contributed by atoms with E-state index in [1.165, 1.54) is 29.5 Å². The second-order valence-corrected chi connectivity index (χ2v) is 5.48. The summed E-state index contributed by atoms with van der Waals surface area (Å²) in [6, 6.07) is 3.89. The number of nitrogens with zero attached hydrogens (tertiary/aromatic N) is 2. The van der Waals surface area contributed by atoms with Crippen molar-refractivity contribution in [3.8, 4) is 0 Å². The van der Waals surface area contributed by atoms with Crippen LogP contribution >= 0.6 is 11.3 Å². The van der Waals surface area contributed by atoms with Gasteiger partial charge in [-0.05, 0) is 25.1 Å². The van der Waals surface area contributed by atoms with E-state index >= 15 is 0 Å². The Morgan fingerprint density at radius 3 is 2.55 bits per heavy atom. The zero-order chi connectivity index (χ0) is 14.4. The van der Waals surface area contributed by atoms with Gasteiger partial charge < -0.3 is 5.11 Å². The number of aryl methyl sites for hydroxylation is 1. The molecule has 2 aromatic rings. The van der Waals surface area contributed by atoms with Gasteiger partial charge in [0.1, 0.15) is 0 Å². The lowest BCUT2D eigenvalue weighted by Gasteiger charge is -2.08. The van der Waals surface area contributed by atoms with Crippen molar-refractivity contribution in [2.75, 3.05) is 4.90 Å². The predicted molar refractivity (Wildman–Crippen MR) is 71.4 cm³/mol. The molecule has 20 heavy (non-hydrogen) atoms. The van der Waals surface area contributed by atoms with Gasteiger partial charge in [0.15, 0.2) is 5.13 Å². The van der Waals surface area contributed by atoms with Gasteiger partial charge in [0, 0.05) is 11.1 Å². The summed E-state index contributed by atoms with van der Waals surface area (Å²) in [5, 5.41) is 9.23. The number of aromatic nitrogens is 1. The molecule has 0 unspecified atom stereocenters. The average Bonchev–Trinajstić information content (AvgIpc) is 2.93. The molecule has 0 saturated heterocycles. The van der Waals surface area contributed by atoms with E-state index in [0.717, 1.165) is 9.78 Å². The quantitative estimate of drug-likeness (QED) is 0.853. The Hall–Kier alpha value is -2.54. The molecule has 0 atom stereocenters. The Morgan fingerprint density at radius 2 is 1.95 bits per heavy atom. The lowest BCUT2D eigenvalue weighted by atomic mass is 10.1. The van der Waals surface area contributed by atoms with Crippen LogP contribution in [0.4, 0.5) is 5.13 Å². The highest BCUT2D eigenvalue weighted by atomic mass is 32.1. The van der Waals surface area contributed by atoms with Crippen LogP contribution in [-0.2, 0) is 0 Å². The van der Waals surface area contributed by atoms with Crippen LogP contribution in [-0.4, -0.2) is 27.9 Å². The Labute approximate surface area is 117 Å². The van der Waals surface area contributed by atoms with Gasteiger partial charge in [0.2, 0.25) is 0 Å². The number of hydrogen-bond acceptors (Lipinski definition) is 5. The molecule has 2 amide bonds. The van der Waals surface area contributed by atoms with Crippen LogP contribution in [0.1, 0.15) is 36.0 Å². The van der Waals surface area contributed by atoms with Gasteiger partial charge in [-0.3, -0.25) is 9.59 Å². The summed E-state index contributed by atoms with van der Waals surface area (Å²) < 4.78 is 0. The van der Waals surface area contributed by atoms with Crippen molar-refractivity contribution in [3.05, 3.63) is 46.0 Å². The highest BCUT2D eigenvalue weighted by Gasteiger charge is 2.38. The summed E-state index contributed by atoms with van der Waals surface area (Å²) in [4.78, 5) is 41.3. The summed E-state index contributed by atoms with van der Waals surface area (Å²) in [6.07, 6.45) is 1.58. The first-order valence-electron chi connectivity index (χ1n) is 5.67. The monoisotopic (exact) mass is 288 g/mol. The molecule has 1 N–H and O–H groups in total. The smallest absolute Gasteiger partial charge is 0.335 e. The SMILES string of the molecule is Cc1cnc(N2C(=O)c3ccc(C(=O)O)cc3C2=O)s1. The highest BCUT2D eigenvalue weighted by Crippen LogP contribution is 2.31. The molecule has 1 aromatic carbocycles. The fraction of sp³-hybridized carbons (Fsp3) is 0.0769. The third kappa shape index (κ3) is 1.71. The van der Waals surface area contributed by atoms with Crippen LogP contribution in [0.25, 0.3) is 0 Å². The largest absolute Gasteiger partial charge is 0.478 e. The highest BCUT2D eigenvalue weighted by molar-refractivity contribution is 7.16. The summed E-state index contributed by atoms with van der Waals surface area (Å²) in [5.74, 6) is -2.16. The van der Waals surface area contributed by atoms with Gasteiger partial charge in [-0.2, -0.15) is 0 Å². The maximum Gasteiger partial charge on any atom is 0.335 e. The van der Waals surface area contributed by atoms with E-state index in [2.05, 4.69) is 4.98 Å². The maximum atomic E-state index is 12.3. The minimum Gasteiger partial charge on any atom is -0.478 e. The molecule has 0 spiro atoms. The molecule has 3 rings (SSSR count). The van der Waals surface area contributed by atoms with Crippen molar-refractivity contribution in [2.24, 2.45) is 0 Å². The molecule has 1 aromatic heterocycles. The zero-order valence-corrected chi connectivity index (χ0v) is 11.1. The molecule has 0 saturated carbocycles. The number of carboxylic acids is 1. The average molecular weight is 288 g/mol. The number of rotatable bonds is 2. The molecule has 0 bridgehead atoms. The Kier molecular flexibility index (Phi) is 2.65. The van der Waals surface area contributed by atoms with Crippen LogP contribution in [0.5, 0.6) is 0 Å². The van der Waals surface area contributed by atoms with E-state index in [1.54, 1.807) is 6.20 Å². The molecule has 2 heterocycles. The normalized spacial score (nSPS) is 13.8. The van der Waals surface area contributed by atoms with Crippen molar-refractivity contribution in [2.45, 2.75) is 6.92 Å². The number of carboxylic acid groups (broad SMARTS) is 1. The first-order valence-corrected chi connectivity index (χ1v) is 6.49. The van der Waals surface area contributed by atoms with Gasteiger partial charge in [-0.15, -0.1) is 11.3 Å². The lowest BCUT2D eigenvalue weighted by Crippen LogP contribution is -2.29. The Bertz CT molecular complexity index is 765. The predicted octanol–water partition coefficient (Wildman–Crippen LogP) is 1.95. The number of aromatic carboxylic acids is 1. The number of imide groups is 1.